The van der Waals surface area contributed by atoms with Gasteiger partial charge in [0, 0.05) is 23.8 Å². The van der Waals surface area contributed by atoms with Gasteiger partial charge < -0.3 is 4.90 Å². The fourth-order valence-electron chi connectivity index (χ4n) is 2.46. The van der Waals surface area contributed by atoms with Crippen molar-refractivity contribution in [3.05, 3.63) is 65.9 Å². The van der Waals surface area contributed by atoms with Crippen molar-refractivity contribution in [2.75, 3.05) is 11.9 Å². The van der Waals surface area contributed by atoms with Crippen molar-refractivity contribution < 1.29 is 0 Å². The second-order valence-electron chi connectivity index (χ2n) is 5.02. The van der Waals surface area contributed by atoms with Gasteiger partial charge in [-0.15, -0.1) is 0 Å². The second kappa shape index (κ2) is 5.26. The number of anilines is 2. The highest BCUT2D eigenvalue weighted by molar-refractivity contribution is 5.93. The van der Waals surface area contributed by atoms with Gasteiger partial charge >= 0.3 is 0 Å². The molecule has 3 nitrogen and oxygen atoms in total. The third-order valence-corrected chi connectivity index (χ3v) is 3.57. The van der Waals surface area contributed by atoms with Crippen LogP contribution in [0.25, 0.3) is 10.9 Å². The normalized spacial score (nSPS) is 10.3. The first kappa shape index (κ1) is 13.1. The summed E-state index contributed by atoms with van der Waals surface area (Å²) in [6.45, 7) is 2.00. The molecular formula is C18H15N3. The highest BCUT2D eigenvalue weighted by Crippen LogP contribution is 2.31. The molecule has 0 saturated heterocycles. The monoisotopic (exact) mass is 273 g/mol. The number of benzene rings is 2. The number of nitriles is 1. The molecule has 1 aromatic heterocycles. The number of fused-ring (bicyclic) bond motifs is 1. The number of hydrogen-bond donors (Lipinski definition) is 0. The average Bonchev–Trinajstić information content (AvgIpc) is 2.53. The van der Waals surface area contributed by atoms with Gasteiger partial charge in [0.25, 0.3) is 0 Å². The summed E-state index contributed by atoms with van der Waals surface area (Å²) in [4.78, 5) is 6.69. The molecule has 0 spiro atoms. The minimum Gasteiger partial charge on any atom is -0.344 e. The zero-order valence-electron chi connectivity index (χ0n) is 12.0. The third kappa shape index (κ3) is 2.44. The maximum Gasteiger partial charge on any atom is 0.0991 e. The molecule has 0 fully saturated rings. The van der Waals surface area contributed by atoms with E-state index in [1.165, 1.54) is 0 Å². The molecule has 0 aliphatic carbocycles. The van der Waals surface area contributed by atoms with Gasteiger partial charge in [0.15, 0.2) is 0 Å². The van der Waals surface area contributed by atoms with Crippen molar-refractivity contribution in [2.45, 2.75) is 6.92 Å². The Kier molecular flexibility index (Phi) is 3.29. The van der Waals surface area contributed by atoms with Crippen LogP contribution in [0.1, 0.15) is 11.3 Å². The average molecular weight is 273 g/mol. The molecule has 0 aliphatic rings. The second-order valence-corrected chi connectivity index (χ2v) is 5.02. The lowest BCUT2D eigenvalue weighted by molar-refractivity contribution is 1.18. The van der Waals surface area contributed by atoms with Gasteiger partial charge in [-0.2, -0.15) is 5.26 Å². The molecule has 3 heteroatoms. The quantitative estimate of drug-likeness (QED) is 0.703. The fourth-order valence-corrected chi connectivity index (χ4v) is 2.46. The Morgan fingerprint density at radius 1 is 1.05 bits per heavy atom. The highest BCUT2D eigenvalue weighted by atomic mass is 15.1. The number of aromatic nitrogens is 1. The molecule has 3 rings (SSSR count). The lowest BCUT2D eigenvalue weighted by Gasteiger charge is -2.21. The van der Waals surface area contributed by atoms with E-state index in [9.17, 15) is 0 Å². The van der Waals surface area contributed by atoms with Gasteiger partial charge in [0.1, 0.15) is 0 Å². The van der Waals surface area contributed by atoms with Crippen LogP contribution in [0.2, 0.25) is 0 Å². The van der Waals surface area contributed by atoms with Gasteiger partial charge in [0.2, 0.25) is 0 Å². The largest absolute Gasteiger partial charge is 0.344 e. The van der Waals surface area contributed by atoms with Crippen molar-refractivity contribution in [1.82, 2.24) is 4.98 Å². The first-order valence-corrected chi connectivity index (χ1v) is 6.79. The third-order valence-electron chi connectivity index (χ3n) is 3.57. The Balaban J connectivity index is 2.12. The van der Waals surface area contributed by atoms with Crippen LogP contribution in [-0.4, -0.2) is 12.0 Å². The summed E-state index contributed by atoms with van der Waals surface area (Å²) >= 11 is 0. The molecule has 0 unspecified atom stereocenters. The molecular weight excluding hydrogens is 258 g/mol. The van der Waals surface area contributed by atoms with Gasteiger partial charge in [-0.3, -0.25) is 4.98 Å². The zero-order chi connectivity index (χ0) is 14.8. The van der Waals surface area contributed by atoms with Crippen LogP contribution in [-0.2, 0) is 0 Å². The molecule has 0 saturated carbocycles. The van der Waals surface area contributed by atoms with Crippen LogP contribution in [0.5, 0.6) is 0 Å². The summed E-state index contributed by atoms with van der Waals surface area (Å²) in [5, 5.41) is 10.0. The molecule has 2 aromatic carbocycles. The van der Waals surface area contributed by atoms with E-state index in [1.807, 2.05) is 56.4 Å². The molecule has 102 valence electrons. The SMILES string of the molecule is Cc1cc(N(C)c2ccc(C#N)cc2)c2ccccc2n1. The predicted octanol–water partition coefficient (Wildman–Crippen LogP) is 4.18. The maximum atomic E-state index is 8.89. The number of para-hydroxylation sites is 1. The van der Waals surface area contributed by atoms with E-state index < -0.39 is 0 Å². The highest BCUT2D eigenvalue weighted by Gasteiger charge is 2.09. The summed E-state index contributed by atoms with van der Waals surface area (Å²) in [5.41, 5.74) is 4.81. The zero-order valence-corrected chi connectivity index (χ0v) is 12.0. The van der Waals surface area contributed by atoms with Crippen LogP contribution in [0.4, 0.5) is 11.4 Å². The smallest absolute Gasteiger partial charge is 0.0991 e. The standard InChI is InChI=1S/C18H15N3/c1-13-11-18(16-5-3-4-6-17(16)20-13)21(2)15-9-7-14(12-19)8-10-15/h3-11H,1-2H3. The van der Waals surface area contributed by atoms with E-state index in [0.29, 0.717) is 5.56 Å². The van der Waals surface area contributed by atoms with Crippen LogP contribution >= 0.6 is 0 Å². The lowest BCUT2D eigenvalue weighted by atomic mass is 10.1. The molecule has 0 radical (unpaired) electrons. The van der Waals surface area contributed by atoms with E-state index in [-0.39, 0.29) is 0 Å². The molecule has 1 heterocycles. The molecule has 0 amide bonds. The molecule has 0 atom stereocenters. The maximum absolute atomic E-state index is 8.89. The number of hydrogen-bond acceptors (Lipinski definition) is 3. The van der Waals surface area contributed by atoms with Crippen LogP contribution in [0.3, 0.4) is 0 Å². The van der Waals surface area contributed by atoms with Crippen LogP contribution in [0, 0.1) is 18.3 Å². The van der Waals surface area contributed by atoms with Gasteiger partial charge in [0.05, 0.1) is 22.8 Å². The minimum atomic E-state index is 0.669. The Bertz CT molecular complexity index is 829. The van der Waals surface area contributed by atoms with E-state index in [2.05, 4.69) is 28.1 Å². The van der Waals surface area contributed by atoms with Gasteiger partial charge in [-0.25, -0.2) is 0 Å². The van der Waals surface area contributed by atoms with E-state index >= 15 is 0 Å². The van der Waals surface area contributed by atoms with E-state index in [0.717, 1.165) is 28.0 Å². The predicted molar refractivity (Wildman–Crippen MR) is 85.7 cm³/mol. The summed E-state index contributed by atoms with van der Waals surface area (Å²) < 4.78 is 0. The summed E-state index contributed by atoms with van der Waals surface area (Å²) in [6, 6.07) is 20.0. The Labute approximate surface area is 124 Å². The summed E-state index contributed by atoms with van der Waals surface area (Å²) in [6.07, 6.45) is 0. The van der Waals surface area contributed by atoms with Crippen molar-refractivity contribution in [3.8, 4) is 6.07 Å². The molecule has 3 aromatic rings. The number of rotatable bonds is 2. The molecule has 0 N–H and O–H groups in total. The minimum absolute atomic E-state index is 0.669. The lowest BCUT2D eigenvalue weighted by Crippen LogP contribution is -2.10. The van der Waals surface area contributed by atoms with E-state index in [1.54, 1.807) is 0 Å². The first-order chi connectivity index (χ1) is 10.2. The van der Waals surface area contributed by atoms with Crippen molar-refractivity contribution in [1.29, 1.82) is 5.26 Å². The van der Waals surface area contributed by atoms with Crippen molar-refractivity contribution in [3.63, 3.8) is 0 Å². The fraction of sp³-hybridized carbons (Fsp3) is 0.111. The first-order valence-electron chi connectivity index (χ1n) is 6.79. The Hall–Kier alpha value is -2.86. The van der Waals surface area contributed by atoms with Crippen molar-refractivity contribution >= 4 is 22.3 Å². The summed E-state index contributed by atoms with van der Waals surface area (Å²) in [5.74, 6) is 0. The van der Waals surface area contributed by atoms with Gasteiger partial charge in [-0.05, 0) is 43.3 Å². The van der Waals surface area contributed by atoms with E-state index in [4.69, 9.17) is 5.26 Å². The molecule has 21 heavy (non-hydrogen) atoms. The topological polar surface area (TPSA) is 39.9 Å². The van der Waals surface area contributed by atoms with Gasteiger partial charge in [-0.1, -0.05) is 18.2 Å². The number of pyridine rings is 1. The van der Waals surface area contributed by atoms with Crippen LogP contribution < -0.4 is 4.90 Å². The van der Waals surface area contributed by atoms with Crippen molar-refractivity contribution in [2.24, 2.45) is 0 Å². The Morgan fingerprint density at radius 3 is 2.48 bits per heavy atom. The number of aryl methyl sites for hydroxylation is 1. The summed E-state index contributed by atoms with van der Waals surface area (Å²) in [7, 11) is 2.03. The van der Waals surface area contributed by atoms with Crippen LogP contribution in [0.15, 0.2) is 54.6 Å². The number of nitrogens with zero attached hydrogens (tertiary/aromatic N) is 3. The molecule has 0 aliphatic heterocycles. The Morgan fingerprint density at radius 2 is 1.76 bits per heavy atom. The molecule has 0 bridgehead atoms.